The monoisotopic (exact) mass is 487 g/mol. The van der Waals surface area contributed by atoms with E-state index in [0.29, 0.717) is 17.0 Å². The van der Waals surface area contributed by atoms with Crippen molar-refractivity contribution in [1.82, 2.24) is 4.41 Å². The predicted octanol–water partition coefficient (Wildman–Crippen LogP) is 4.05. The van der Waals surface area contributed by atoms with Gasteiger partial charge in [-0.3, -0.25) is 4.72 Å². The summed E-state index contributed by atoms with van der Waals surface area (Å²) in [7, 11) is -7.77. The lowest BCUT2D eigenvalue weighted by Crippen LogP contribution is -2.27. The van der Waals surface area contributed by atoms with Gasteiger partial charge in [0.25, 0.3) is 10.0 Å². The summed E-state index contributed by atoms with van der Waals surface area (Å²) in [4.78, 5) is -0.214. The van der Waals surface area contributed by atoms with Crippen molar-refractivity contribution in [3.8, 4) is 0 Å². The van der Waals surface area contributed by atoms with E-state index >= 15 is 0 Å². The molecule has 0 aliphatic carbocycles. The quantitative estimate of drug-likeness (QED) is 0.568. The minimum absolute atomic E-state index is 0.210. The van der Waals surface area contributed by atoms with Gasteiger partial charge in [-0.2, -0.15) is 17.9 Å². The molecule has 4 rings (SSSR count). The third-order valence-electron chi connectivity index (χ3n) is 5.29. The van der Waals surface area contributed by atoms with Crippen LogP contribution in [0.5, 0.6) is 0 Å². The third-order valence-corrected chi connectivity index (χ3v) is 7.56. The van der Waals surface area contributed by atoms with Gasteiger partial charge >= 0.3 is 0 Å². The van der Waals surface area contributed by atoms with Gasteiger partial charge in [0.15, 0.2) is 0 Å². The van der Waals surface area contributed by atoms with Gasteiger partial charge in [-0.1, -0.05) is 48.5 Å². The Morgan fingerprint density at radius 3 is 2.36 bits per heavy atom. The van der Waals surface area contributed by atoms with Crippen molar-refractivity contribution >= 4 is 31.4 Å². The number of benzene rings is 3. The Labute approximate surface area is 192 Å². The first-order chi connectivity index (χ1) is 15.6. The van der Waals surface area contributed by atoms with E-state index in [0.717, 1.165) is 27.9 Å². The molecule has 1 N–H and O–H groups in total. The fourth-order valence-corrected chi connectivity index (χ4v) is 5.86. The topological polar surface area (TPSA) is 95.9 Å². The Balaban J connectivity index is 1.86. The molecule has 0 saturated heterocycles. The number of anilines is 1. The maximum Gasteiger partial charge on any atom is 0.279 e. The molecule has 0 saturated carbocycles. The van der Waals surface area contributed by atoms with Crippen LogP contribution in [0.1, 0.15) is 29.2 Å². The van der Waals surface area contributed by atoms with E-state index in [1.807, 2.05) is 31.2 Å². The number of halogens is 1. The molecular formula is C23H22FN3O4S2. The van der Waals surface area contributed by atoms with Gasteiger partial charge in [-0.15, -0.1) is 0 Å². The average molecular weight is 488 g/mol. The second-order valence-corrected chi connectivity index (χ2v) is 11.3. The van der Waals surface area contributed by atoms with E-state index < -0.39 is 31.9 Å². The molecule has 7 nitrogen and oxygen atoms in total. The van der Waals surface area contributed by atoms with Gasteiger partial charge in [0.05, 0.1) is 28.6 Å². The van der Waals surface area contributed by atoms with Crippen LogP contribution in [0.25, 0.3) is 0 Å². The summed E-state index contributed by atoms with van der Waals surface area (Å²) in [5, 5.41) is 4.43. The van der Waals surface area contributed by atoms with Gasteiger partial charge in [0.1, 0.15) is 5.82 Å². The molecule has 0 aromatic heterocycles. The molecule has 0 amide bonds. The summed E-state index contributed by atoms with van der Waals surface area (Å²) in [5.74, 6) is -0.672. The molecular weight excluding hydrogens is 465 g/mol. The molecule has 1 aliphatic heterocycles. The number of hydrogen-bond donors (Lipinski definition) is 1. The maximum absolute atomic E-state index is 13.8. The largest absolute Gasteiger partial charge is 0.283 e. The van der Waals surface area contributed by atoms with Crippen molar-refractivity contribution in [3.05, 3.63) is 95.3 Å². The molecule has 172 valence electrons. The van der Waals surface area contributed by atoms with Gasteiger partial charge in [0.2, 0.25) is 10.0 Å². The summed E-state index contributed by atoms with van der Waals surface area (Å²) in [6, 6.07) is 18.1. The second-order valence-electron chi connectivity index (χ2n) is 7.78. The van der Waals surface area contributed by atoms with Gasteiger partial charge in [-0.25, -0.2) is 12.8 Å². The highest BCUT2D eigenvalue weighted by atomic mass is 32.2. The minimum atomic E-state index is -4.20. The number of hydrogen-bond acceptors (Lipinski definition) is 5. The number of para-hydroxylation sites is 1. The first-order valence-electron chi connectivity index (χ1n) is 10.1. The fraction of sp³-hybridized carbons (Fsp3) is 0.174. The number of aryl methyl sites for hydroxylation is 1. The Kier molecular flexibility index (Phi) is 5.98. The molecule has 1 atom stereocenters. The van der Waals surface area contributed by atoms with Crippen molar-refractivity contribution < 1.29 is 21.2 Å². The van der Waals surface area contributed by atoms with E-state index in [1.54, 1.807) is 24.3 Å². The molecule has 10 heteroatoms. The number of nitrogens with one attached hydrogen (secondary N) is 1. The van der Waals surface area contributed by atoms with Crippen LogP contribution >= 0.6 is 0 Å². The Bertz CT molecular complexity index is 1450. The zero-order chi connectivity index (χ0) is 23.8. The number of nitrogens with zero attached hydrogens (tertiary/aromatic N) is 2. The molecule has 0 unspecified atom stereocenters. The smallest absolute Gasteiger partial charge is 0.279 e. The zero-order valence-corrected chi connectivity index (χ0v) is 19.6. The molecule has 3 aromatic carbocycles. The van der Waals surface area contributed by atoms with Gasteiger partial charge < -0.3 is 0 Å². The van der Waals surface area contributed by atoms with Crippen LogP contribution in [0.15, 0.2) is 82.8 Å². The lowest BCUT2D eigenvalue weighted by Gasteiger charge is -2.24. The van der Waals surface area contributed by atoms with Crippen LogP contribution in [-0.2, 0) is 20.0 Å². The molecule has 1 heterocycles. The van der Waals surface area contributed by atoms with Gasteiger partial charge in [0, 0.05) is 12.0 Å². The molecule has 0 fully saturated rings. The highest BCUT2D eigenvalue weighted by Gasteiger charge is 2.39. The molecule has 0 spiro atoms. The first kappa shape index (κ1) is 22.9. The Morgan fingerprint density at radius 2 is 1.67 bits per heavy atom. The summed E-state index contributed by atoms with van der Waals surface area (Å²) < 4.78 is 68.0. The highest BCUT2D eigenvalue weighted by Crippen LogP contribution is 2.39. The van der Waals surface area contributed by atoms with E-state index in [4.69, 9.17) is 0 Å². The number of hydrazone groups is 1. The van der Waals surface area contributed by atoms with Crippen molar-refractivity contribution in [2.45, 2.75) is 24.3 Å². The van der Waals surface area contributed by atoms with E-state index in [9.17, 15) is 21.2 Å². The molecule has 0 radical (unpaired) electrons. The molecule has 0 bridgehead atoms. The van der Waals surface area contributed by atoms with Crippen molar-refractivity contribution in [3.63, 3.8) is 0 Å². The molecule has 33 heavy (non-hydrogen) atoms. The third kappa shape index (κ3) is 4.76. The van der Waals surface area contributed by atoms with Crippen molar-refractivity contribution in [2.75, 3.05) is 11.0 Å². The first-order valence-corrected chi connectivity index (χ1v) is 13.4. The van der Waals surface area contributed by atoms with E-state index in [2.05, 4.69) is 9.82 Å². The molecule has 3 aromatic rings. The van der Waals surface area contributed by atoms with Crippen LogP contribution in [0.3, 0.4) is 0 Å². The van der Waals surface area contributed by atoms with Crippen molar-refractivity contribution in [2.24, 2.45) is 5.10 Å². The summed E-state index contributed by atoms with van der Waals surface area (Å²) in [6.45, 7) is 1.87. The molecule has 1 aliphatic rings. The highest BCUT2D eigenvalue weighted by molar-refractivity contribution is 7.92. The summed E-state index contributed by atoms with van der Waals surface area (Å²) in [6.07, 6.45) is 1.25. The normalized spacial score (nSPS) is 16.5. The van der Waals surface area contributed by atoms with Crippen molar-refractivity contribution in [1.29, 1.82) is 0 Å². The van der Waals surface area contributed by atoms with E-state index in [-0.39, 0.29) is 11.3 Å². The van der Waals surface area contributed by atoms with Crippen LogP contribution in [0.2, 0.25) is 0 Å². The second kappa shape index (κ2) is 8.60. The SMILES string of the molecule is Cc1ccccc1[C@@H]1CC(c2ccccc2NS(C)(=O)=O)=NN1S(=O)(=O)c1cccc(F)c1. The van der Waals surface area contributed by atoms with E-state index in [1.165, 1.54) is 18.2 Å². The lowest BCUT2D eigenvalue weighted by molar-refractivity contribution is 0.370. The van der Waals surface area contributed by atoms with Crippen LogP contribution in [0.4, 0.5) is 10.1 Å². The summed E-state index contributed by atoms with van der Waals surface area (Å²) in [5.41, 5.74) is 2.80. The predicted molar refractivity (Wildman–Crippen MR) is 125 cm³/mol. The van der Waals surface area contributed by atoms with Crippen LogP contribution < -0.4 is 4.72 Å². The Morgan fingerprint density at radius 1 is 0.970 bits per heavy atom. The van der Waals surface area contributed by atoms with Crippen LogP contribution in [0, 0.1) is 12.7 Å². The summed E-state index contributed by atoms with van der Waals surface area (Å²) >= 11 is 0. The van der Waals surface area contributed by atoms with Crippen LogP contribution in [-0.4, -0.2) is 33.2 Å². The number of rotatable bonds is 6. The maximum atomic E-state index is 13.8. The van der Waals surface area contributed by atoms with Gasteiger partial charge in [-0.05, 0) is 42.3 Å². The Hall–Kier alpha value is -3.24. The number of sulfonamides is 2. The standard InChI is InChI=1S/C23H22FN3O4S2/c1-16-8-3-4-11-19(16)23-15-22(20-12-5-6-13-21(20)26-32(2,28)29)25-27(23)33(30,31)18-10-7-9-17(24)14-18/h3-14,23,26H,15H2,1-2H3/t23-/m0/s1. The average Bonchev–Trinajstić information content (AvgIpc) is 3.19. The minimum Gasteiger partial charge on any atom is -0.283 e. The fourth-order valence-electron chi connectivity index (χ4n) is 3.82. The zero-order valence-electron chi connectivity index (χ0n) is 17.9. The lowest BCUT2D eigenvalue weighted by atomic mass is 9.95.